The molecule has 0 aliphatic carbocycles. The summed E-state index contributed by atoms with van der Waals surface area (Å²) in [5.74, 6) is 0.790. The lowest BCUT2D eigenvalue weighted by Gasteiger charge is -2.09. The number of hydrogen-bond acceptors (Lipinski definition) is 4. The van der Waals surface area contributed by atoms with E-state index in [0.29, 0.717) is 39.9 Å². The zero-order chi connectivity index (χ0) is 14.8. The summed E-state index contributed by atoms with van der Waals surface area (Å²) in [6.07, 6.45) is 0.698. The van der Waals surface area contributed by atoms with Gasteiger partial charge in [-0.05, 0) is 18.2 Å². The van der Waals surface area contributed by atoms with E-state index in [4.69, 9.17) is 9.15 Å². The van der Waals surface area contributed by atoms with Crippen molar-refractivity contribution in [1.29, 1.82) is 0 Å². The summed E-state index contributed by atoms with van der Waals surface area (Å²) in [7, 11) is 1.49. The third-order valence-electron chi connectivity index (χ3n) is 3.30. The highest BCUT2D eigenvalue weighted by atomic mass is 16.5. The van der Waals surface area contributed by atoms with E-state index in [2.05, 4.69) is 0 Å². The lowest BCUT2D eigenvalue weighted by molar-refractivity contribution is 0.112. The highest BCUT2D eigenvalue weighted by Gasteiger charge is 2.13. The number of carbonyl (C=O) groups excluding carboxylic acids is 1. The van der Waals surface area contributed by atoms with E-state index < -0.39 is 0 Å². The summed E-state index contributed by atoms with van der Waals surface area (Å²) in [4.78, 5) is 23.5. The van der Waals surface area contributed by atoms with Crippen LogP contribution in [0.2, 0.25) is 0 Å². The average molecular weight is 280 g/mol. The number of fused-ring (bicyclic) bond motifs is 1. The third kappa shape index (κ3) is 2.21. The van der Waals surface area contributed by atoms with Crippen molar-refractivity contribution in [3.8, 4) is 17.1 Å². The minimum absolute atomic E-state index is 0.147. The molecule has 0 fully saturated rings. The van der Waals surface area contributed by atoms with Crippen LogP contribution in [0.1, 0.15) is 10.4 Å². The Balaban J connectivity index is 2.31. The maximum atomic E-state index is 12.1. The van der Waals surface area contributed by atoms with Crippen molar-refractivity contribution < 1.29 is 13.9 Å². The smallest absolute Gasteiger partial charge is 0.193 e. The lowest BCUT2D eigenvalue weighted by Crippen LogP contribution is -2.01. The topological polar surface area (TPSA) is 56.5 Å². The molecular weight excluding hydrogens is 268 g/mol. The SMILES string of the molecule is COc1cccc(-c2cc(=O)c3ccccc3o2)c1C=O. The molecule has 0 aliphatic rings. The van der Waals surface area contributed by atoms with E-state index in [9.17, 15) is 9.59 Å². The molecule has 0 unspecified atom stereocenters. The van der Waals surface area contributed by atoms with Crippen LogP contribution in [0, 0.1) is 0 Å². The second-order valence-corrected chi connectivity index (χ2v) is 4.51. The number of aldehydes is 1. The van der Waals surface area contributed by atoms with Crippen LogP contribution < -0.4 is 10.2 Å². The van der Waals surface area contributed by atoms with Crippen LogP contribution in [0.15, 0.2) is 57.7 Å². The minimum atomic E-state index is -0.147. The normalized spacial score (nSPS) is 10.5. The van der Waals surface area contributed by atoms with Gasteiger partial charge in [-0.15, -0.1) is 0 Å². The molecule has 0 amide bonds. The highest BCUT2D eigenvalue weighted by Crippen LogP contribution is 2.30. The van der Waals surface area contributed by atoms with Gasteiger partial charge in [-0.2, -0.15) is 0 Å². The Morgan fingerprint density at radius 3 is 2.67 bits per heavy atom. The van der Waals surface area contributed by atoms with E-state index in [1.165, 1.54) is 13.2 Å². The van der Waals surface area contributed by atoms with Gasteiger partial charge < -0.3 is 9.15 Å². The Bertz CT molecular complexity index is 877. The molecule has 21 heavy (non-hydrogen) atoms. The first-order valence-corrected chi connectivity index (χ1v) is 6.40. The molecule has 0 spiro atoms. The van der Waals surface area contributed by atoms with Crippen LogP contribution in [0.5, 0.6) is 5.75 Å². The van der Waals surface area contributed by atoms with Crippen LogP contribution in [0.3, 0.4) is 0 Å². The van der Waals surface area contributed by atoms with Crippen molar-refractivity contribution in [2.24, 2.45) is 0 Å². The highest BCUT2D eigenvalue weighted by molar-refractivity contribution is 5.90. The van der Waals surface area contributed by atoms with Crippen molar-refractivity contribution in [2.45, 2.75) is 0 Å². The monoisotopic (exact) mass is 280 g/mol. The quantitative estimate of drug-likeness (QED) is 0.691. The molecule has 0 N–H and O–H groups in total. The number of benzene rings is 2. The fourth-order valence-electron chi connectivity index (χ4n) is 2.30. The molecule has 3 rings (SSSR count). The van der Waals surface area contributed by atoms with Crippen molar-refractivity contribution in [3.05, 3.63) is 64.3 Å². The molecule has 1 aromatic heterocycles. The van der Waals surface area contributed by atoms with E-state index in [1.807, 2.05) is 0 Å². The Kier molecular flexibility index (Phi) is 3.28. The van der Waals surface area contributed by atoms with Gasteiger partial charge in [0.25, 0.3) is 0 Å². The average Bonchev–Trinajstić information content (AvgIpc) is 2.54. The molecule has 1 heterocycles. The van der Waals surface area contributed by atoms with Gasteiger partial charge in [-0.25, -0.2) is 0 Å². The number of para-hydroxylation sites is 1. The Morgan fingerprint density at radius 1 is 1.10 bits per heavy atom. The summed E-state index contributed by atoms with van der Waals surface area (Å²) < 4.78 is 10.9. The van der Waals surface area contributed by atoms with Gasteiger partial charge in [0.15, 0.2) is 11.7 Å². The first-order chi connectivity index (χ1) is 10.2. The van der Waals surface area contributed by atoms with Crippen LogP contribution in [-0.2, 0) is 0 Å². The van der Waals surface area contributed by atoms with E-state index >= 15 is 0 Å². The molecule has 4 nitrogen and oxygen atoms in total. The number of carbonyl (C=O) groups is 1. The van der Waals surface area contributed by atoms with Gasteiger partial charge in [-0.3, -0.25) is 9.59 Å². The largest absolute Gasteiger partial charge is 0.496 e. The second-order valence-electron chi connectivity index (χ2n) is 4.51. The van der Waals surface area contributed by atoms with E-state index in [0.717, 1.165) is 0 Å². The summed E-state index contributed by atoms with van der Waals surface area (Å²) in [5.41, 5.74) is 1.23. The maximum absolute atomic E-state index is 12.1. The summed E-state index contributed by atoms with van der Waals surface area (Å²) >= 11 is 0. The number of rotatable bonds is 3. The van der Waals surface area contributed by atoms with E-state index in [1.54, 1.807) is 42.5 Å². The maximum Gasteiger partial charge on any atom is 0.193 e. The van der Waals surface area contributed by atoms with Crippen molar-refractivity contribution in [3.63, 3.8) is 0 Å². The van der Waals surface area contributed by atoms with Gasteiger partial charge in [0.05, 0.1) is 18.1 Å². The van der Waals surface area contributed by atoms with Crippen LogP contribution in [0.4, 0.5) is 0 Å². The molecule has 0 aliphatic heterocycles. The summed E-state index contributed by atoms with van der Waals surface area (Å²) in [6.45, 7) is 0. The van der Waals surface area contributed by atoms with Crippen LogP contribution >= 0.6 is 0 Å². The van der Waals surface area contributed by atoms with Crippen molar-refractivity contribution in [2.75, 3.05) is 7.11 Å². The number of hydrogen-bond donors (Lipinski definition) is 0. The number of ether oxygens (including phenoxy) is 1. The predicted octanol–water partition coefficient (Wildman–Crippen LogP) is 3.28. The molecule has 2 aromatic carbocycles. The molecule has 104 valence electrons. The van der Waals surface area contributed by atoms with Gasteiger partial charge in [0.1, 0.15) is 17.1 Å². The molecule has 4 heteroatoms. The Hall–Kier alpha value is -2.88. The molecule has 0 bridgehead atoms. The second kappa shape index (κ2) is 5.25. The molecule has 0 saturated carbocycles. The number of methoxy groups -OCH3 is 1. The zero-order valence-electron chi connectivity index (χ0n) is 11.3. The predicted molar refractivity (Wildman–Crippen MR) is 79.9 cm³/mol. The van der Waals surface area contributed by atoms with Crippen LogP contribution in [-0.4, -0.2) is 13.4 Å². The molecule has 0 saturated heterocycles. The first-order valence-electron chi connectivity index (χ1n) is 6.40. The minimum Gasteiger partial charge on any atom is -0.496 e. The molecular formula is C17H12O4. The fraction of sp³-hybridized carbons (Fsp3) is 0.0588. The standard InChI is InChI=1S/C17H12O4/c1-20-15-8-4-6-11(13(15)10-18)17-9-14(19)12-5-2-3-7-16(12)21-17/h2-10H,1H3. The molecule has 3 aromatic rings. The Labute approximate surface area is 120 Å². The van der Waals surface area contributed by atoms with E-state index in [-0.39, 0.29) is 5.43 Å². The zero-order valence-corrected chi connectivity index (χ0v) is 11.3. The lowest BCUT2D eigenvalue weighted by atomic mass is 10.0. The van der Waals surface area contributed by atoms with Gasteiger partial charge in [0.2, 0.25) is 0 Å². The Morgan fingerprint density at radius 2 is 1.90 bits per heavy atom. The molecule has 0 atom stereocenters. The fourth-order valence-corrected chi connectivity index (χ4v) is 2.30. The first kappa shape index (κ1) is 13.1. The van der Waals surface area contributed by atoms with Gasteiger partial charge >= 0.3 is 0 Å². The summed E-state index contributed by atoms with van der Waals surface area (Å²) in [5, 5.41) is 0.511. The third-order valence-corrected chi connectivity index (χ3v) is 3.30. The van der Waals surface area contributed by atoms with Gasteiger partial charge in [-0.1, -0.05) is 24.3 Å². The van der Waals surface area contributed by atoms with Crippen LogP contribution in [0.25, 0.3) is 22.3 Å². The van der Waals surface area contributed by atoms with Gasteiger partial charge in [0, 0.05) is 11.6 Å². The summed E-state index contributed by atoms with van der Waals surface area (Å²) in [6, 6.07) is 13.5. The van der Waals surface area contributed by atoms with Crippen molar-refractivity contribution in [1.82, 2.24) is 0 Å². The van der Waals surface area contributed by atoms with Crippen molar-refractivity contribution >= 4 is 17.3 Å². The molecule has 0 radical (unpaired) electrons.